The molecule has 0 aromatic heterocycles. The molecule has 0 N–H and O–H groups in total. The molecule has 0 radical (unpaired) electrons. The van der Waals surface area contributed by atoms with Crippen LogP contribution in [-0.2, 0) is 19.3 Å². The number of halogens is 1. The number of benzene rings is 1. The summed E-state index contributed by atoms with van der Waals surface area (Å²) in [7, 11) is 0. The Kier molecular flexibility index (Phi) is 4.06. The average Bonchev–Trinajstić information content (AvgIpc) is 2.73. The van der Waals surface area contributed by atoms with Gasteiger partial charge in [0.1, 0.15) is 0 Å². The highest BCUT2D eigenvalue weighted by Gasteiger charge is 2.10. The molecule has 0 spiro atoms. The number of aryl methyl sites for hydroxylation is 2. The van der Waals surface area contributed by atoms with E-state index in [1.54, 1.807) is 11.1 Å². The molecule has 1 heteroatoms. The maximum Gasteiger partial charge on any atom is 0.0258 e. The standard InChI is InChI=1S/C15H19Cl/c1-12(4-3-9-16)10-13-7-8-14-5-2-6-15(14)11-13/h4,7-8,11H,2-3,5-6,9-10H2,1H3. The van der Waals surface area contributed by atoms with E-state index in [1.165, 1.54) is 30.4 Å². The molecule has 0 amide bonds. The van der Waals surface area contributed by atoms with Gasteiger partial charge in [-0.3, -0.25) is 0 Å². The van der Waals surface area contributed by atoms with Gasteiger partial charge in [0.05, 0.1) is 0 Å². The summed E-state index contributed by atoms with van der Waals surface area (Å²) in [6.07, 6.45) is 8.19. The van der Waals surface area contributed by atoms with Gasteiger partial charge in [0.2, 0.25) is 0 Å². The van der Waals surface area contributed by atoms with Crippen LogP contribution in [0.15, 0.2) is 29.8 Å². The second-order valence-corrected chi connectivity index (χ2v) is 5.04. The molecule has 86 valence electrons. The summed E-state index contributed by atoms with van der Waals surface area (Å²) in [5.74, 6) is 0.724. The lowest BCUT2D eigenvalue weighted by atomic mass is 10.0. The van der Waals surface area contributed by atoms with Crippen LogP contribution in [0.2, 0.25) is 0 Å². The Morgan fingerprint density at radius 3 is 2.94 bits per heavy atom. The van der Waals surface area contributed by atoms with E-state index in [2.05, 4.69) is 31.2 Å². The smallest absolute Gasteiger partial charge is 0.0258 e. The molecule has 1 aliphatic rings. The van der Waals surface area contributed by atoms with E-state index in [4.69, 9.17) is 11.6 Å². The maximum absolute atomic E-state index is 5.68. The minimum Gasteiger partial charge on any atom is -0.126 e. The summed E-state index contributed by atoms with van der Waals surface area (Å²) >= 11 is 5.68. The second kappa shape index (κ2) is 5.54. The summed E-state index contributed by atoms with van der Waals surface area (Å²) in [4.78, 5) is 0. The van der Waals surface area contributed by atoms with Crippen LogP contribution in [0, 0.1) is 0 Å². The van der Waals surface area contributed by atoms with Crippen LogP contribution in [0.3, 0.4) is 0 Å². The third-order valence-electron chi connectivity index (χ3n) is 3.25. The van der Waals surface area contributed by atoms with Crippen molar-refractivity contribution in [2.24, 2.45) is 0 Å². The minimum absolute atomic E-state index is 0.724. The fourth-order valence-corrected chi connectivity index (χ4v) is 2.54. The van der Waals surface area contributed by atoms with Crippen LogP contribution >= 0.6 is 11.6 Å². The minimum atomic E-state index is 0.724. The Labute approximate surface area is 103 Å². The number of alkyl halides is 1. The topological polar surface area (TPSA) is 0 Å². The molecule has 1 aromatic carbocycles. The highest BCUT2D eigenvalue weighted by atomic mass is 35.5. The van der Waals surface area contributed by atoms with Crippen molar-refractivity contribution in [2.45, 2.75) is 39.0 Å². The van der Waals surface area contributed by atoms with Gasteiger partial charge in [-0.05, 0) is 55.7 Å². The van der Waals surface area contributed by atoms with Crippen molar-refractivity contribution in [3.8, 4) is 0 Å². The third-order valence-corrected chi connectivity index (χ3v) is 3.47. The molecule has 0 saturated heterocycles. The fourth-order valence-electron chi connectivity index (χ4n) is 2.43. The Morgan fingerprint density at radius 1 is 1.31 bits per heavy atom. The van der Waals surface area contributed by atoms with Crippen LogP contribution < -0.4 is 0 Å². The zero-order valence-electron chi connectivity index (χ0n) is 9.93. The van der Waals surface area contributed by atoms with Gasteiger partial charge in [0.15, 0.2) is 0 Å². The maximum atomic E-state index is 5.68. The van der Waals surface area contributed by atoms with Gasteiger partial charge in [-0.25, -0.2) is 0 Å². The van der Waals surface area contributed by atoms with E-state index in [9.17, 15) is 0 Å². The van der Waals surface area contributed by atoms with Crippen LogP contribution in [0.5, 0.6) is 0 Å². The zero-order chi connectivity index (χ0) is 11.4. The van der Waals surface area contributed by atoms with Crippen molar-refractivity contribution >= 4 is 11.6 Å². The molecule has 0 unspecified atom stereocenters. The molecule has 16 heavy (non-hydrogen) atoms. The van der Waals surface area contributed by atoms with Crippen LogP contribution in [-0.4, -0.2) is 5.88 Å². The predicted octanol–water partition coefficient (Wildman–Crippen LogP) is 4.29. The molecule has 2 rings (SSSR count). The molecule has 0 nitrogen and oxygen atoms in total. The van der Waals surface area contributed by atoms with E-state index in [1.807, 2.05) is 0 Å². The highest BCUT2D eigenvalue weighted by molar-refractivity contribution is 6.17. The van der Waals surface area contributed by atoms with E-state index >= 15 is 0 Å². The number of allylic oxidation sites excluding steroid dienone is 2. The summed E-state index contributed by atoms with van der Waals surface area (Å²) in [5.41, 5.74) is 6.01. The first-order valence-corrected chi connectivity index (χ1v) is 6.65. The van der Waals surface area contributed by atoms with Gasteiger partial charge in [0, 0.05) is 5.88 Å². The first-order chi connectivity index (χ1) is 7.79. The molecular formula is C15H19Cl. The van der Waals surface area contributed by atoms with Gasteiger partial charge < -0.3 is 0 Å². The van der Waals surface area contributed by atoms with E-state index in [-0.39, 0.29) is 0 Å². The Bertz CT molecular complexity index is 390. The predicted molar refractivity (Wildman–Crippen MR) is 71.3 cm³/mol. The number of hydrogen-bond donors (Lipinski definition) is 0. The first-order valence-electron chi connectivity index (χ1n) is 6.12. The first kappa shape index (κ1) is 11.7. The summed E-state index contributed by atoms with van der Waals surface area (Å²) in [6.45, 7) is 2.19. The van der Waals surface area contributed by atoms with Gasteiger partial charge in [0.25, 0.3) is 0 Å². The van der Waals surface area contributed by atoms with Crippen LogP contribution in [0.1, 0.15) is 36.5 Å². The van der Waals surface area contributed by atoms with E-state index in [0.717, 1.165) is 18.7 Å². The van der Waals surface area contributed by atoms with Crippen molar-refractivity contribution < 1.29 is 0 Å². The molecule has 1 aromatic rings. The monoisotopic (exact) mass is 234 g/mol. The largest absolute Gasteiger partial charge is 0.126 e. The quantitative estimate of drug-likeness (QED) is 0.539. The van der Waals surface area contributed by atoms with Crippen molar-refractivity contribution in [3.63, 3.8) is 0 Å². The number of fused-ring (bicyclic) bond motifs is 1. The lowest BCUT2D eigenvalue weighted by Crippen LogP contribution is -1.90. The molecule has 0 aliphatic heterocycles. The second-order valence-electron chi connectivity index (χ2n) is 4.66. The summed E-state index contributed by atoms with van der Waals surface area (Å²) < 4.78 is 0. The van der Waals surface area contributed by atoms with Crippen molar-refractivity contribution in [1.29, 1.82) is 0 Å². The number of hydrogen-bond acceptors (Lipinski definition) is 0. The lowest BCUT2D eigenvalue weighted by molar-refractivity contribution is 0.911. The SMILES string of the molecule is CC(=CCCCl)Cc1ccc2c(c1)CCC2. The molecule has 1 aliphatic carbocycles. The van der Waals surface area contributed by atoms with Gasteiger partial charge in [-0.2, -0.15) is 0 Å². The molecule has 0 bridgehead atoms. The Morgan fingerprint density at radius 2 is 2.12 bits per heavy atom. The fraction of sp³-hybridized carbons (Fsp3) is 0.467. The molecular weight excluding hydrogens is 216 g/mol. The zero-order valence-corrected chi connectivity index (χ0v) is 10.7. The Hall–Kier alpha value is -0.750. The van der Waals surface area contributed by atoms with E-state index < -0.39 is 0 Å². The Balaban J connectivity index is 2.05. The van der Waals surface area contributed by atoms with Gasteiger partial charge in [-0.15, -0.1) is 11.6 Å². The lowest BCUT2D eigenvalue weighted by Gasteiger charge is -2.05. The summed E-state index contributed by atoms with van der Waals surface area (Å²) in [6, 6.07) is 6.98. The third kappa shape index (κ3) is 2.89. The molecule has 0 atom stereocenters. The van der Waals surface area contributed by atoms with Gasteiger partial charge in [-0.1, -0.05) is 29.8 Å². The van der Waals surface area contributed by atoms with E-state index in [0.29, 0.717) is 0 Å². The van der Waals surface area contributed by atoms with Gasteiger partial charge >= 0.3 is 0 Å². The molecule has 0 saturated carbocycles. The average molecular weight is 235 g/mol. The molecule has 0 heterocycles. The van der Waals surface area contributed by atoms with Crippen molar-refractivity contribution in [3.05, 3.63) is 46.5 Å². The van der Waals surface area contributed by atoms with Crippen LogP contribution in [0.4, 0.5) is 0 Å². The highest BCUT2D eigenvalue weighted by Crippen LogP contribution is 2.23. The van der Waals surface area contributed by atoms with Crippen LogP contribution in [0.25, 0.3) is 0 Å². The number of rotatable bonds is 4. The van der Waals surface area contributed by atoms with Crippen molar-refractivity contribution in [1.82, 2.24) is 0 Å². The van der Waals surface area contributed by atoms with Crippen molar-refractivity contribution in [2.75, 3.05) is 5.88 Å². The molecule has 0 fully saturated rings. The summed E-state index contributed by atoms with van der Waals surface area (Å²) in [5, 5.41) is 0. The normalized spacial score (nSPS) is 15.2.